The number of piperidine rings is 1. The van der Waals surface area contributed by atoms with Crippen LogP contribution in [0.2, 0.25) is 0 Å². The highest BCUT2D eigenvalue weighted by Gasteiger charge is 2.18. The Labute approximate surface area is 138 Å². The Hall–Kier alpha value is -1.78. The van der Waals surface area contributed by atoms with Crippen LogP contribution in [0.3, 0.4) is 0 Å². The first-order chi connectivity index (χ1) is 11.4. The minimum Gasteiger partial charge on any atom is -0.464 e. The summed E-state index contributed by atoms with van der Waals surface area (Å²) < 4.78 is 5.45. The molecule has 0 saturated carbocycles. The van der Waals surface area contributed by atoms with Crippen LogP contribution in [0.1, 0.15) is 19.3 Å². The van der Waals surface area contributed by atoms with Crippen molar-refractivity contribution in [3.63, 3.8) is 0 Å². The zero-order valence-electron chi connectivity index (χ0n) is 13.9. The highest BCUT2D eigenvalue weighted by atomic mass is 16.3. The van der Waals surface area contributed by atoms with Crippen molar-refractivity contribution in [2.24, 2.45) is 0 Å². The van der Waals surface area contributed by atoms with Crippen LogP contribution in [0.5, 0.6) is 0 Å². The van der Waals surface area contributed by atoms with Crippen LogP contribution in [0, 0.1) is 0 Å². The SMILES string of the molecule is CNCCCNC1CCN(c2ccc(-c3ccco3)cc2)CC1. The summed E-state index contributed by atoms with van der Waals surface area (Å²) >= 11 is 0. The highest BCUT2D eigenvalue weighted by Crippen LogP contribution is 2.25. The van der Waals surface area contributed by atoms with E-state index in [1.54, 1.807) is 6.26 Å². The second kappa shape index (κ2) is 8.18. The molecule has 0 atom stereocenters. The Kier molecular flexibility index (Phi) is 5.72. The number of anilines is 1. The summed E-state index contributed by atoms with van der Waals surface area (Å²) in [6.45, 7) is 4.46. The number of hydrogen-bond acceptors (Lipinski definition) is 4. The Morgan fingerprint density at radius 2 is 1.87 bits per heavy atom. The van der Waals surface area contributed by atoms with Crippen LogP contribution >= 0.6 is 0 Å². The molecule has 23 heavy (non-hydrogen) atoms. The molecule has 0 bridgehead atoms. The van der Waals surface area contributed by atoms with E-state index in [-0.39, 0.29) is 0 Å². The number of hydrogen-bond donors (Lipinski definition) is 2. The summed E-state index contributed by atoms with van der Waals surface area (Å²) in [5, 5.41) is 6.87. The largest absolute Gasteiger partial charge is 0.464 e. The molecule has 0 spiro atoms. The molecule has 1 aromatic carbocycles. The number of benzene rings is 1. The fourth-order valence-electron chi connectivity index (χ4n) is 3.19. The second-order valence-electron chi connectivity index (χ2n) is 6.20. The molecule has 1 aliphatic heterocycles. The van der Waals surface area contributed by atoms with Gasteiger partial charge in [-0.15, -0.1) is 0 Å². The van der Waals surface area contributed by atoms with Gasteiger partial charge in [0.25, 0.3) is 0 Å². The fourth-order valence-corrected chi connectivity index (χ4v) is 3.19. The molecule has 4 nitrogen and oxygen atoms in total. The number of furan rings is 1. The van der Waals surface area contributed by atoms with Crippen LogP contribution < -0.4 is 15.5 Å². The molecule has 1 saturated heterocycles. The molecule has 124 valence electrons. The monoisotopic (exact) mass is 313 g/mol. The third-order valence-electron chi connectivity index (χ3n) is 4.57. The van der Waals surface area contributed by atoms with Crippen LogP contribution in [0.4, 0.5) is 5.69 Å². The lowest BCUT2D eigenvalue weighted by Crippen LogP contribution is -2.43. The van der Waals surface area contributed by atoms with Gasteiger partial charge in [0.1, 0.15) is 5.76 Å². The molecule has 2 heterocycles. The van der Waals surface area contributed by atoms with Gasteiger partial charge in [-0.1, -0.05) is 0 Å². The quantitative estimate of drug-likeness (QED) is 0.771. The molecule has 1 aliphatic rings. The second-order valence-corrected chi connectivity index (χ2v) is 6.20. The van der Waals surface area contributed by atoms with Gasteiger partial charge in [0.15, 0.2) is 0 Å². The summed E-state index contributed by atoms with van der Waals surface area (Å²) in [7, 11) is 2.01. The fraction of sp³-hybridized carbons (Fsp3) is 0.474. The number of rotatable bonds is 7. The Bertz CT molecular complexity index is 557. The van der Waals surface area contributed by atoms with Crippen LogP contribution in [0.15, 0.2) is 47.1 Å². The van der Waals surface area contributed by atoms with E-state index >= 15 is 0 Å². The van der Waals surface area contributed by atoms with Gasteiger partial charge in [-0.2, -0.15) is 0 Å². The molecule has 1 fully saturated rings. The maximum absolute atomic E-state index is 5.45. The summed E-state index contributed by atoms with van der Waals surface area (Å²) in [4.78, 5) is 2.48. The van der Waals surface area contributed by atoms with Gasteiger partial charge >= 0.3 is 0 Å². The van der Waals surface area contributed by atoms with E-state index in [4.69, 9.17) is 4.42 Å². The van der Waals surface area contributed by atoms with Crippen LogP contribution in [0.25, 0.3) is 11.3 Å². The van der Waals surface area contributed by atoms with Crippen molar-refractivity contribution in [2.75, 3.05) is 38.1 Å². The third-order valence-corrected chi connectivity index (χ3v) is 4.57. The molecule has 3 rings (SSSR count). The van der Waals surface area contributed by atoms with Crippen molar-refractivity contribution in [3.8, 4) is 11.3 Å². The lowest BCUT2D eigenvalue weighted by Gasteiger charge is -2.34. The van der Waals surface area contributed by atoms with Crippen molar-refractivity contribution in [1.82, 2.24) is 10.6 Å². The molecule has 4 heteroatoms. The summed E-state index contributed by atoms with van der Waals surface area (Å²) in [5.74, 6) is 0.932. The predicted molar refractivity (Wildman–Crippen MR) is 95.9 cm³/mol. The summed E-state index contributed by atoms with van der Waals surface area (Å²) in [6.07, 6.45) is 5.36. The minimum absolute atomic E-state index is 0.672. The smallest absolute Gasteiger partial charge is 0.133 e. The molecule has 2 N–H and O–H groups in total. The predicted octanol–water partition coefficient (Wildman–Crippen LogP) is 3.11. The van der Waals surface area contributed by atoms with E-state index in [1.165, 1.54) is 24.9 Å². The lowest BCUT2D eigenvalue weighted by molar-refractivity contribution is 0.412. The Morgan fingerprint density at radius 1 is 1.09 bits per heavy atom. The standard InChI is InChI=1S/C19H27N3O/c1-20-11-3-12-21-17-9-13-22(14-10-17)18-7-5-16(6-8-18)19-4-2-15-23-19/h2,4-8,15,17,20-21H,3,9-14H2,1H3. The van der Waals surface area contributed by atoms with E-state index in [2.05, 4.69) is 39.8 Å². The van der Waals surface area contributed by atoms with Crippen molar-refractivity contribution >= 4 is 5.69 Å². The normalized spacial score (nSPS) is 16.0. The van der Waals surface area contributed by atoms with Crippen molar-refractivity contribution in [1.29, 1.82) is 0 Å². The van der Waals surface area contributed by atoms with Crippen molar-refractivity contribution in [2.45, 2.75) is 25.3 Å². The molecule has 2 aromatic rings. The lowest BCUT2D eigenvalue weighted by atomic mass is 10.0. The summed E-state index contributed by atoms with van der Waals surface area (Å²) in [5.41, 5.74) is 2.45. The van der Waals surface area contributed by atoms with E-state index in [0.717, 1.165) is 37.5 Å². The van der Waals surface area contributed by atoms with Crippen LogP contribution in [-0.4, -0.2) is 39.3 Å². The van der Waals surface area contributed by atoms with E-state index in [0.29, 0.717) is 6.04 Å². The zero-order valence-corrected chi connectivity index (χ0v) is 13.9. The van der Waals surface area contributed by atoms with Gasteiger partial charge in [0.2, 0.25) is 0 Å². The molecule has 0 amide bonds. The average Bonchev–Trinajstić information content (AvgIpc) is 3.14. The van der Waals surface area contributed by atoms with Crippen LogP contribution in [-0.2, 0) is 0 Å². The number of nitrogens with one attached hydrogen (secondary N) is 2. The van der Waals surface area contributed by atoms with Gasteiger partial charge in [-0.25, -0.2) is 0 Å². The Balaban J connectivity index is 1.48. The first-order valence-corrected chi connectivity index (χ1v) is 8.63. The Morgan fingerprint density at radius 3 is 2.52 bits per heavy atom. The molecule has 0 unspecified atom stereocenters. The van der Waals surface area contributed by atoms with Gasteiger partial charge < -0.3 is 20.0 Å². The molecule has 1 aromatic heterocycles. The van der Waals surface area contributed by atoms with Crippen molar-refractivity contribution in [3.05, 3.63) is 42.7 Å². The van der Waals surface area contributed by atoms with Crippen molar-refractivity contribution < 1.29 is 4.42 Å². The minimum atomic E-state index is 0.672. The molecular formula is C19H27N3O. The maximum Gasteiger partial charge on any atom is 0.133 e. The van der Waals surface area contributed by atoms with Gasteiger partial charge in [-0.05, 0) is 75.8 Å². The van der Waals surface area contributed by atoms with Gasteiger partial charge in [0, 0.05) is 30.4 Å². The van der Waals surface area contributed by atoms with Gasteiger partial charge in [0.05, 0.1) is 6.26 Å². The molecular weight excluding hydrogens is 286 g/mol. The molecule has 0 radical (unpaired) electrons. The van der Waals surface area contributed by atoms with E-state index in [1.807, 2.05) is 19.2 Å². The zero-order chi connectivity index (χ0) is 15.9. The van der Waals surface area contributed by atoms with E-state index < -0.39 is 0 Å². The highest BCUT2D eigenvalue weighted by molar-refractivity contribution is 5.61. The van der Waals surface area contributed by atoms with E-state index in [9.17, 15) is 0 Å². The molecule has 0 aliphatic carbocycles. The first-order valence-electron chi connectivity index (χ1n) is 8.63. The summed E-state index contributed by atoms with van der Waals surface area (Å²) in [6, 6.07) is 13.3. The topological polar surface area (TPSA) is 40.4 Å². The number of nitrogens with zero attached hydrogens (tertiary/aromatic N) is 1. The third kappa shape index (κ3) is 4.36. The van der Waals surface area contributed by atoms with Gasteiger partial charge in [-0.3, -0.25) is 0 Å². The maximum atomic E-state index is 5.45. The first kappa shape index (κ1) is 16.1. The average molecular weight is 313 g/mol.